The summed E-state index contributed by atoms with van der Waals surface area (Å²) in [5, 5.41) is 20.9. The summed E-state index contributed by atoms with van der Waals surface area (Å²) in [7, 11) is 0. The predicted octanol–water partition coefficient (Wildman–Crippen LogP) is 4.24. The van der Waals surface area contributed by atoms with E-state index in [1.54, 1.807) is 0 Å². The highest BCUT2D eigenvalue weighted by Crippen LogP contribution is 2.35. The number of aromatic nitrogens is 1. The lowest BCUT2D eigenvalue weighted by atomic mass is 9.99. The van der Waals surface area contributed by atoms with Crippen molar-refractivity contribution < 1.29 is 9.90 Å². The third kappa shape index (κ3) is 3.26. The quantitative estimate of drug-likeness (QED) is 0.396. The molecule has 0 spiro atoms. The fourth-order valence-electron chi connectivity index (χ4n) is 3.74. The van der Waals surface area contributed by atoms with Crippen molar-refractivity contribution in [3.05, 3.63) is 72.3 Å². The first kappa shape index (κ1) is 17.5. The van der Waals surface area contributed by atoms with E-state index < -0.39 is 6.04 Å². The van der Waals surface area contributed by atoms with Crippen molar-refractivity contribution in [3.8, 4) is 5.88 Å². The van der Waals surface area contributed by atoms with E-state index in [1.165, 1.54) is 5.39 Å². The fourth-order valence-corrected chi connectivity index (χ4v) is 3.74. The molecule has 1 aliphatic heterocycles. The lowest BCUT2D eigenvalue weighted by Crippen LogP contribution is -2.35. The first-order valence-electron chi connectivity index (χ1n) is 9.44. The van der Waals surface area contributed by atoms with E-state index in [4.69, 9.17) is 0 Å². The van der Waals surface area contributed by atoms with Crippen molar-refractivity contribution >= 4 is 33.3 Å². The molecule has 0 radical (unpaired) electrons. The van der Waals surface area contributed by atoms with E-state index >= 15 is 0 Å². The number of carbonyl (C=O) groups is 1. The van der Waals surface area contributed by atoms with Gasteiger partial charge in [0.05, 0.1) is 5.52 Å². The first-order chi connectivity index (χ1) is 14.2. The number of H-pyrrole nitrogens is 1. The van der Waals surface area contributed by atoms with E-state index in [0.717, 1.165) is 16.5 Å². The second-order valence-corrected chi connectivity index (χ2v) is 7.14. The van der Waals surface area contributed by atoms with Crippen LogP contribution >= 0.6 is 0 Å². The number of aromatic amines is 1. The van der Waals surface area contributed by atoms with Crippen molar-refractivity contribution in [1.29, 1.82) is 0 Å². The maximum atomic E-state index is 12.5. The van der Waals surface area contributed by atoms with Crippen molar-refractivity contribution in [3.63, 3.8) is 0 Å². The van der Waals surface area contributed by atoms with Crippen molar-refractivity contribution in [2.75, 3.05) is 0 Å². The van der Waals surface area contributed by atoms with Gasteiger partial charge in [0.25, 0.3) is 5.91 Å². The van der Waals surface area contributed by atoms with Crippen LogP contribution in [0.25, 0.3) is 21.7 Å². The number of hydrogen-bond donors (Lipinski definition) is 4. The molecule has 1 saturated heterocycles. The van der Waals surface area contributed by atoms with Crippen LogP contribution in [-0.4, -0.2) is 22.0 Å². The Morgan fingerprint density at radius 2 is 1.76 bits per heavy atom. The van der Waals surface area contributed by atoms with Gasteiger partial charge in [-0.3, -0.25) is 4.79 Å². The smallest absolute Gasteiger partial charge is 0.282 e. The monoisotopic (exact) mass is 385 g/mol. The first-order valence-corrected chi connectivity index (χ1v) is 9.44. The molecule has 1 amide bonds. The number of nitrogens with zero attached hydrogens (tertiary/aromatic N) is 2. The highest BCUT2D eigenvalue weighted by molar-refractivity contribution is 5.94. The van der Waals surface area contributed by atoms with Crippen LogP contribution in [0.4, 0.5) is 5.69 Å². The van der Waals surface area contributed by atoms with Crippen LogP contribution in [0.1, 0.15) is 18.0 Å². The molecule has 3 aromatic carbocycles. The van der Waals surface area contributed by atoms with Crippen LogP contribution in [0.3, 0.4) is 0 Å². The summed E-state index contributed by atoms with van der Waals surface area (Å²) in [5.74, 6) is -0.486. The van der Waals surface area contributed by atoms with E-state index in [-0.39, 0.29) is 23.5 Å². The molecule has 2 heterocycles. The fraction of sp³-hybridized carbons (Fsp3) is 0.136. The summed E-state index contributed by atoms with van der Waals surface area (Å²) in [6.45, 7) is 0. The lowest BCUT2D eigenvalue weighted by molar-refractivity contribution is -0.120. The summed E-state index contributed by atoms with van der Waals surface area (Å²) in [5.41, 5.74) is 8.30. The highest BCUT2D eigenvalue weighted by Gasteiger charge is 2.30. The van der Waals surface area contributed by atoms with Crippen LogP contribution in [0.2, 0.25) is 0 Å². The normalized spacial score (nSPS) is 19.4. The van der Waals surface area contributed by atoms with Crippen LogP contribution in [0, 0.1) is 0 Å². The average Bonchev–Trinajstić information content (AvgIpc) is 3.36. The Labute approximate surface area is 166 Å². The Morgan fingerprint density at radius 3 is 2.66 bits per heavy atom. The van der Waals surface area contributed by atoms with Gasteiger partial charge in [-0.25, -0.2) is 10.9 Å². The Kier molecular flexibility index (Phi) is 4.31. The van der Waals surface area contributed by atoms with Gasteiger partial charge < -0.3 is 10.1 Å². The number of carbonyl (C=O) groups excluding carboxylic acids is 1. The van der Waals surface area contributed by atoms with E-state index in [0.29, 0.717) is 11.8 Å². The van der Waals surface area contributed by atoms with Gasteiger partial charge in [0.2, 0.25) is 5.88 Å². The van der Waals surface area contributed by atoms with Crippen LogP contribution in [-0.2, 0) is 4.79 Å². The molecule has 0 aliphatic carbocycles. The molecule has 2 atom stereocenters. The summed E-state index contributed by atoms with van der Waals surface area (Å²) >= 11 is 0. The second kappa shape index (κ2) is 7.12. The summed E-state index contributed by atoms with van der Waals surface area (Å²) in [4.78, 5) is 15.3. The minimum atomic E-state index is -0.484. The van der Waals surface area contributed by atoms with Crippen molar-refractivity contribution in [1.82, 2.24) is 15.8 Å². The van der Waals surface area contributed by atoms with Gasteiger partial charge >= 0.3 is 0 Å². The van der Waals surface area contributed by atoms with Crippen LogP contribution in [0.5, 0.6) is 5.88 Å². The largest absolute Gasteiger partial charge is 0.493 e. The molecule has 0 saturated carbocycles. The summed E-state index contributed by atoms with van der Waals surface area (Å²) < 4.78 is 0. The van der Waals surface area contributed by atoms with Crippen molar-refractivity contribution in [2.45, 2.75) is 18.5 Å². The number of aromatic hydroxyl groups is 1. The van der Waals surface area contributed by atoms with Gasteiger partial charge in [0.15, 0.2) is 5.69 Å². The number of hydrazine groups is 1. The zero-order valence-corrected chi connectivity index (χ0v) is 15.5. The number of benzene rings is 3. The van der Waals surface area contributed by atoms with E-state index in [1.807, 2.05) is 36.4 Å². The number of amides is 1. The third-order valence-electron chi connectivity index (χ3n) is 5.29. The number of azo groups is 1. The van der Waals surface area contributed by atoms with Gasteiger partial charge in [0, 0.05) is 11.4 Å². The van der Waals surface area contributed by atoms with Crippen LogP contribution in [0.15, 0.2) is 77.0 Å². The Hall–Kier alpha value is -3.55. The van der Waals surface area contributed by atoms with Gasteiger partial charge in [-0.05, 0) is 34.9 Å². The minimum Gasteiger partial charge on any atom is -0.493 e. The Morgan fingerprint density at radius 1 is 0.966 bits per heavy atom. The maximum Gasteiger partial charge on any atom is 0.282 e. The number of fused-ring (bicyclic) bond motifs is 2. The third-order valence-corrected chi connectivity index (χ3v) is 5.29. The number of para-hydroxylation sites is 1. The zero-order chi connectivity index (χ0) is 19.8. The highest BCUT2D eigenvalue weighted by atomic mass is 16.3. The topological polar surface area (TPSA) is 102 Å². The molecule has 7 nitrogen and oxygen atoms in total. The number of nitrogens with one attached hydrogen (secondary N) is 3. The molecule has 0 bridgehead atoms. The number of hydrogen-bond acceptors (Lipinski definition) is 5. The average molecular weight is 385 g/mol. The zero-order valence-electron chi connectivity index (χ0n) is 15.5. The molecule has 1 fully saturated rings. The van der Waals surface area contributed by atoms with E-state index in [9.17, 15) is 9.90 Å². The molecule has 4 aromatic rings. The molecule has 2 unspecified atom stereocenters. The summed E-state index contributed by atoms with van der Waals surface area (Å²) in [6, 6.07) is 21.3. The Balaban J connectivity index is 1.32. The standard InChI is InChI=1S/C22H19N5O2/c28-21(27-26-20-16-7-3-4-8-17(16)23-22(20)29)19-12-18(24-25-19)15-10-9-13-5-1-2-6-14(13)11-15/h1-11,18-19,23-25,29H,12H2. The van der Waals surface area contributed by atoms with Gasteiger partial charge in [-0.15, -0.1) is 10.2 Å². The Bertz CT molecular complexity index is 1250. The van der Waals surface area contributed by atoms with Gasteiger partial charge in [-0.1, -0.05) is 54.6 Å². The van der Waals surface area contributed by atoms with E-state index in [2.05, 4.69) is 56.4 Å². The molecule has 5 rings (SSSR count). The minimum absolute atomic E-state index is 0.00486. The molecule has 29 heavy (non-hydrogen) atoms. The number of rotatable bonds is 3. The molecular formula is C22H19N5O2. The maximum absolute atomic E-state index is 12.5. The van der Waals surface area contributed by atoms with Crippen molar-refractivity contribution in [2.24, 2.45) is 10.2 Å². The molecule has 144 valence electrons. The SMILES string of the molecule is O=C(N=Nc1c(O)[nH]c2ccccc12)C1CC(c2ccc3ccccc3c2)NN1. The predicted molar refractivity (Wildman–Crippen MR) is 111 cm³/mol. The summed E-state index contributed by atoms with van der Waals surface area (Å²) in [6.07, 6.45) is 0.566. The van der Waals surface area contributed by atoms with Gasteiger partial charge in [-0.2, -0.15) is 0 Å². The molecule has 1 aromatic heterocycles. The molecular weight excluding hydrogens is 366 g/mol. The lowest BCUT2D eigenvalue weighted by Gasteiger charge is -2.10. The van der Waals surface area contributed by atoms with Gasteiger partial charge in [0.1, 0.15) is 6.04 Å². The second-order valence-electron chi connectivity index (χ2n) is 7.14. The molecule has 7 heteroatoms. The van der Waals surface area contributed by atoms with Crippen LogP contribution < -0.4 is 10.9 Å². The molecule has 1 aliphatic rings. The molecule has 4 N–H and O–H groups in total.